The molecule has 0 atom stereocenters. The summed E-state index contributed by atoms with van der Waals surface area (Å²) in [5.41, 5.74) is 1.05. The minimum atomic E-state index is -0.420. The van der Waals surface area contributed by atoms with Crippen LogP contribution in [0.1, 0.15) is 0 Å². The van der Waals surface area contributed by atoms with Gasteiger partial charge in [0.25, 0.3) is 0 Å². The predicted octanol–water partition coefficient (Wildman–Crippen LogP) is 2.71. The van der Waals surface area contributed by atoms with E-state index in [4.69, 9.17) is 9.47 Å². The molecule has 2 aromatic carbocycles. The minimum Gasteiger partial charge on any atom is -0.494 e. The van der Waals surface area contributed by atoms with Crippen molar-refractivity contribution in [2.75, 3.05) is 13.2 Å². The summed E-state index contributed by atoms with van der Waals surface area (Å²) in [5.74, 6) is -0.269. The first-order valence-corrected chi connectivity index (χ1v) is 8.06. The number of carbonyl (C=O) groups is 1. The van der Waals surface area contributed by atoms with E-state index in [2.05, 4.69) is 29.3 Å². The van der Waals surface area contributed by atoms with Gasteiger partial charge in [-0.2, -0.15) is 4.99 Å². The molecule has 5 nitrogen and oxygen atoms in total. The molecule has 0 fully saturated rings. The molecule has 3 aromatic rings. The zero-order chi connectivity index (χ0) is 15.8. The Kier molecular flexibility index (Phi) is 3.38. The summed E-state index contributed by atoms with van der Waals surface area (Å²) in [7, 11) is 1.91. The highest BCUT2D eigenvalue weighted by molar-refractivity contribution is 7.17. The Morgan fingerprint density at radius 3 is 2.91 bits per heavy atom. The van der Waals surface area contributed by atoms with E-state index in [0.717, 1.165) is 15.6 Å². The molecule has 0 saturated carbocycles. The van der Waals surface area contributed by atoms with Gasteiger partial charge in [-0.25, -0.2) is 0 Å². The number of fused-ring (bicyclic) bond motifs is 3. The first-order chi connectivity index (χ1) is 11.2. The fraction of sp³-hybridized carbons (Fsp3) is 0.176. The molecule has 0 unspecified atom stereocenters. The number of hydrogen-bond acceptors (Lipinski definition) is 4. The average molecular weight is 326 g/mol. The van der Waals surface area contributed by atoms with Gasteiger partial charge in [-0.1, -0.05) is 41.7 Å². The number of amides is 1. The van der Waals surface area contributed by atoms with Gasteiger partial charge in [0, 0.05) is 12.4 Å². The predicted molar refractivity (Wildman–Crippen MR) is 88.9 cm³/mol. The maximum atomic E-state index is 12.2. The third kappa shape index (κ3) is 2.41. The molecule has 1 amide bonds. The Morgan fingerprint density at radius 1 is 1.22 bits per heavy atom. The van der Waals surface area contributed by atoms with Gasteiger partial charge in [0.2, 0.25) is 5.76 Å². The Balaban J connectivity index is 1.89. The highest BCUT2D eigenvalue weighted by atomic mass is 32.1. The second-order valence-electron chi connectivity index (χ2n) is 5.20. The lowest BCUT2D eigenvalue weighted by Gasteiger charge is -2.12. The topological polar surface area (TPSA) is 52.8 Å². The molecule has 0 bridgehead atoms. The van der Waals surface area contributed by atoms with Crippen LogP contribution in [0.15, 0.2) is 53.4 Å². The van der Waals surface area contributed by atoms with Crippen LogP contribution in [-0.4, -0.2) is 23.7 Å². The van der Waals surface area contributed by atoms with Gasteiger partial charge in [0.1, 0.15) is 19.5 Å². The number of benzene rings is 2. The summed E-state index contributed by atoms with van der Waals surface area (Å²) in [6, 6.07) is 12.3. The second-order valence-corrected chi connectivity index (χ2v) is 6.17. The molecular weight excluding hydrogens is 312 g/mol. The summed E-state index contributed by atoms with van der Waals surface area (Å²) in [5, 5.41) is 2.34. The lowest BCUT2D eigenvalue weighted by molar-refractivity contribution is -0.119. The van der Waals surface area contributed by atoms with E-state index >= 15 is 0 Å². The number of ether oxygens (including phenoxy) is 2. The lowest BCUT2D eigenvalue weighted by atomic mass is 10.1. The number of hydrogen-bond donors (Lipinski definition) is 0. The molecule has 6 heteroatoms. The van der Waals surface area contributed by atoms with Gasteiger partial charge in [-0.05, 0) is 11.5 Å². The van der Waals surface area contributed by atoms with Crippen molar-refractivity contribution in [3.63, 3.8) is 0 Å². The SMILES string of the molecule is Cn1c(=NC(=O)C2=COCCO2)sc2c3ccccc3ccc21. The number of nitrogens with zero attached hydrogens (tertiary/aromatic N) is 2. The van der Waals surface area contributed by atoms with E-state index in [1.54, 1.807) is 0 Å². The van der Waals surface area contributed by atoms with Crippen molar-refractivity contribution in [1.29, 1.82) is 0 Å². The van der Waals surface area contributed by atoms with Crippen molar-refractivity contribution in [2.24, 2.45) is 12.0 Å². The Bertz CT molecular complexity index is 1010. The maximum Gasteiger partial charge on any atom is 0.317 e. The van der Waals surface area contributed by atoms with Gasteiger partial charge in [0.05, 0.1) is 10.2 Å². The van der Waals surface area contributed by atoms with Gasteiger partial charge in [-0.3, -0.25) is 4.79 Å². The van der Waals surface area contributed by atoms with E-state index in [0.29, 0.717) is 18.0 Å². The maximum absolute atomic E-state index is 12.2. The molecule has 0 saturated heterocycles. The summed E-state index contributed by atoms with van der Waals surface area (Å²) in [6.45, 7) is 0.829. The lowest BCUT2D eigenvalue weighted by Crippen LogP contribution is -2.18. The fourth-order valence-electron chi connectivity index (χ4n) is 2.59. The van der Waals surface area contributed by atoms with Crippen molar-refractivity contribution in [3.8, 4) is 0 Å². The van der Waals surface area contributed by atoms with Gasteiger partial charge in [-0.15, -0.1) is 0 Å². The summed E-state index contributed by atoms with van der Waals surface area (Å²) < 4.78 is 13.4. The quantitative estimate of drug-likeness (QED) is 0.691. The number of carbonyl (C=O) groups excluding carboxylic acids is 1. The molecule has 0 spiro atoms. The van der Waals surface area contributed by atoms with E-state index in [1.807, 2.05) is 23.7 Å². The molecule has 4 rings (SSSR count). The van der Waals surface area contributed by atoms with Crippen LogP contribution in [0.4, 0.5) is 0 Å². The summed E-state index contributed by atoms with van der Waals surface area (Å²) in [6.07, 6.45) is 1.33. The van der Waals surface area contributed by atoms with E-state index in [1.165, 1.54) is 23.0 Å². The van der Waals surface area contributed by atoms with Crippen molar-refractivity contribution < 1.29 is 14.3 Å². The van der Waals surface area contributed by atoms with Crippen LogP contribution >= 0.6 is 11.3 Å². The van der Waals surface area contributed by atoms with Gasteiger partial charge >= 0.3 is 5.91 Å². The highest BCUT2D eigenvalue weighted by Crippen LogP contribution is 2.27. The molecule has 0 aliphatic carbocycles. The molecular formula is C17H14N2O3S. The molecule has 0 radical (unpaired) electrons. The summed E-state index contributed by atoms with van der Waals surface area (Å²) in [4.78, 5) is 17.0. The third-order valence-electron chi connectivity index (χ3n) is 3.76. The zero-order valence-electron chi connectivity index (χ0n) is 12.5. The Morgan fingerprint density at radius 2 is 2.09 bits per heavy atom. The molecule has 1 aliphatic heterocycles. The van der Waals surface area contributed by atoms with Crippen LogP contribution in [-0.2, 0) is 21.3 Å². The number of aromatic nitrogens is 1. The van der Waals surface area contributed by atoms with E-state index in [9.17, 15) is 4.79 Å². The monoisotopic (exact) mass is 326 g/mol. The van der Waals surface area contributed by atoms with Crippen LogP contribution in [0.5, 0.6) is 0 Å². The van der Waals surface area contributed by atoms with E-state index < -0.39 is 5.91 Å². The number of aryl methyl sites for hydroxylation is 1. The van der Waals surface area contributed by atoms with Crippen molar-refractivity contribution in [3.05, 3.63) is 53.2 Å². The average Bonchev–Trinajstić information content (AvgIpc) is 2.92. The second kappa shape index (κ2) is 5.55. The molecule has 0 N–H and O–H groups in total. The van der Waals surface area contributed by atoms with Crippen LogP contribution in [0.25, 0.3) is 21.0 Å². The Hall–Kier alpha value is -2.60. The van der Waals surface area contributed by atoms with Crippen molar-refractivity contribution in [1.82, 2.24) is 4.57 Å². The number of rotatable bonds is 1. The molecule has 1 aliphatic rings. The third-order valence-corrected chi connectivity index (χ3v) is 4.94. The summed E-state index contributed by atoms with van der Waals surface area (Å²) >= 11 is 1.50. The van der Waals surface area contributed by atoms with Gasteiger partial charge < -0.3 is 14.0 Å². The first-order valence-electron chi connectivity index (χ1n) is 7.25. The molecule has 2 heterocycles. The largest absolute Gasteiger partial charge is 0.494 e. The fourth-order valence-corrected chi connectivity index (χ4v) is 3.74. The first kappa shape index (κ1) is 14.0. The van der Waals surface area contributed by atoms with Crippen molar-refractivity contribution >= 4 is 38.2 Å². The minimum absolute atomic E-state index is 0.151. The van der Waals surface area contributed by atoms with Crippen LogP contribution in [0, 0.1) is 0 Å². The number of thiazole rings is 1. The van der Waals surface area contributed by atoms with Crippen LogP contribution < -0.4 is 4.80 Å². The van der Waals surface area contributed by atoms with Gasteiger partial charge in [0.15, 0.2) is 4.80 Å². The normalized spacial score (nSPS) is 15.3. The molecule has 23 heavy (non-hydrogen) atoms. The van der Waals surface area contributed by atoms with Crippen LogP contribution in [0.3, 0.4) is 0 Å². The highest BCUT2D eigenvalue weighted by Gasteiger charge is 2.15. The van der Waals surface area contributed by atoms with E-state index in [-0.39, 0.29) is 5.76 Å². The standard InChI is InChI=1S/C17H14N2O3S/c1-19-13-7-6-11-4-2-3-5-12(11)15(13)23-17(19)18-16(20)14-10-21-8-9-22-14/h2-7,10H,8-9H2,1H3. The van der Waals surface area contributed by atoms with Crippen molar-refractivity contribution in [2.45, 2.75) is 0 Å². The zero-order valence-corrected chi connectivity index (χ0v) is 13.3. The molecule has 1 aromatic heterocycles. The van der Waals surface area contributed by atoms with Crippen LogP contribution in [0.2, 0.25) is 0 Å². The Labute approximate surface area is 136 Å². The smallest absolute Gasteiger partial charge is 0.317 e. The molecule has 116 valence electrons.